The summed E-state index contributed by atoms with van der Waals surface area (Å²) in [4.78, 5) is 16.9. The molecule has 0 spiro atoms. The molecular weight excluding hydrogens is 262 g/mol. The Kier molecular flexibility index (Phi) is 3.22. The molecular formula is C17H17N3O. The van der Waals surface area contributed by atoms with Gasteiger partial charge in [-0.05, 0) is 18.1 Å². The number of nitrogens with two attached hydrogens (primary N) is 1. The van der Waals surface area contributed by atoms with Crippen molar-refractivity contribution in [1.82, 2.24) is 5.32 Å². The Labute approximate surface area is 123 Å². The van der Waals surface area contributed by atoms with Gasteiger partial charge in [0.05, 0.1) is 0 Å². The van der Waals surface area contributed by atoms with E-state index in [0.717, 1.165) is 16.7 Å². The lowest BCUT2D eigenvalue weighted by molar-refractivity contribution is -0.124. The lowest BCUT2D eigenvalue weighted by Crippen LogP contribution is -2.40. The summed E-state index contributed by atoms with van der Waals surface area (Å²) in [6.07, 6.45) is 0.490. The summed E-state index contributed by atoms with van der Waals surface area (Å²) in [5, 5.41) is 2.63. The molecule has 3 N–H and O–H groups in total. The molecule has 1 atom stereocenters. The highest BCUT2D eigenvalue weighted by Crippen LogP contribution is 2.33. The number of hydrogen-bond acceptors (Lipinski definition) is 3. The first kappa shape index (κ1) is 13.4. The Bertz CT molecular complexity index is 692. The summed E-state index contributed by atoms with van der Waals surface area (Å²) in [6.45, 7) is 2.01. The SMILES string of the molecule is Cc1ccc([C@]2(Cc3ccccc3)N=C(N)NC2=O)cc1. The molecule has 0 fully saturated rings. The monoisotopic (exact) mass is 279 g/mol. The van der Waals surface area contributed by atoms with Crippen molar-refractivity contribution in [2.45, 2.75) is 18.9 Å². The molecule has 0 aliphatic carbocycles. The maximum absolute atomic E-state index is 12.5. The van der Waals surface area contributed by atoms with Gasteiger partial charge in [-0.25, -0.2) is 4.99 Å². The maximum atomic E-state index is 12.5. The average Bonchev–Trinajstić information content (AvgIpc) is 2.76. The van der Waals surface area contributed by atoms with E-state index in [1.54, 1.807) is 0 Å². The van der Waals surface area contributed by atoms with Crippen LogP contribution in [0.5, 0.6) is 0 Å². The summed E-state index contributed by atoms with van der Waals surface area (Å²) in [5.74, 6) is 0.00390. The van der Waals surface area contributed by atoms with Gasteiger partial charge in [-0.3, -0.25) is 10.1 Å². The van der Waals surface area contributed by atoms with E-state index >= 15 is 0 Å². The number of aryl methyl sites for hydroxylation is 1. The largest absolute Gasteiger partial charge is 0.370 e. The van der Waals surface area contributed by atoms with Crippen LogP contribution in [0, 0.1) is 6.92 Å². The van der Waals surface area contributed by atoms with Crippen molar-refractivity contribution >= 4 is 11.9 Å². The standard InChI is InChI=1S/C17H17N3O/c1-12-7-9-14(10-8-12)17(15(21)19-16(18)20-17)11-13-5-3-2-4-6-13/h2-10H,11H2,1H3,(H3,18,19,20,21)/t17-/m0/s1. The molecule has 4 heteroatoms. The number of guanidine groups is 1. The quantitative estimate of drug-likeness (QED) is 0.900. The minimum Gasteiger partial charge on any atom is -0.370 e. The molecule has 1 aliphatic heterocycles. The van der Waals surface area contributed by atoms with E-state index in [1.165, 1.54) is 0 Å². The molecule has 0 unspecified atom stereocenters. The highest BCUT2D eigenvalue weighted by molar-refractivity contribution is 6.07. The van der Waals surface area contributed by atoms with Crippen LogP contribution < -0.4 is 11.1 Å². The number of rotatable bonds is 3. The number of hydrogen-bond donors (Lipinski definition) is 2. The van der Waals surface area contributed by atoms with Crippen molar-refractivity contribution in [2.24, 2.45) is 10.7 Å². The summed E-state index contributed by atoms with van der Waals surface area (Å²) in [5.41, 5.74) is 7.81. The third-order valence-electron chi connectivity index (χ3n) is 3.76. The second-order valence-corrected chi connectivity index (χ2v) is 5.34. The van der Waals surface area contributed by atoms with E-state index in [1.807, 2.05) is 61.5 Å². The Morgan fingerprint density at radius 2 is 1.76 bits per heavy atom. The van der Waals surface area contributed by atoms with Gasteiger partial charge < -0.3 is 5.73 Å². The second kappa shape index (κ2) is 5.05. The van der Waals surface area contributed by atoms with Gasteiger partial charge >= 0.3 is 0 Å². The highest BCUT2D eigenvalue weighted by atomic mass is 16.2. The number of nitrogens with zero attached hydrogens (tertiary/aromatic N) is 1. The number of carbonyl (C=O) groups is 1. The lowest BCUT2D eigenvalue weighted by atomic mass is 9.84. The summed E-state index contributed by atoms with van der Waals surface area (Å²) < 4.78 is 0. The molecule has 0 saturated heterocycles. The van der Waals surface area contributed by atoms with Crippen LogP contribution in [0.15, 0.2) is 59.6 Å². The first-order valence-electron chi connectivity index (χ1n) is 6.88. The predicted molar refractivity (Wildman–Crippen MR) is 82.8 cm³/mol. The molecule has 4 nitrogen and oxygen atoms in total. The van der Waals surface area contributed by atoms with Crippen LogP contribution in [0.4, 0.5) is 0 Å². The number of nitrogens with one attached hydrogen (secondary N) is 1. The molecule has 0 radical (unpaired) electrons. The smallest absolute Gasteiger partial charge is 0.259 e. The maximum Gasteiger partial charge on any atom is 0.259 e. The average molecular weight is 279 g/mol. The Morgan fingerprint density at radius 3 is 2.33 bits per heavy atom. The minimum absolute atomic E-state index is 0.173. The Balaban J connectivity index is 2.08. The fraction of sp³-hybridized carbons (Fsp3) is 0.176. The fourth-order valence-electron chi connectivity index (χ4n) is 2.64. The third-order valence-corrected chi connectivity index (χ3v) is 3.76. The van der Waals surface area contributed by atoms with E-state index in [4.69, 9.17) is 5.73 Å². The molecule has 106 valence electrons. The zero-order valence-corrected chi connectivity index (χ0v) is 11.8. The van der Waals surface area contributed by atoms with Gasteiger partial charge in [0.25, 0.3) is 5.91 Å². The van der Waals surface area contributed by atoms with Crippen LogP contribution in [0.2, 0.25) is 0 Å². The van der Waals surface area contributed by atoms with Crippen molar-refractivity contribution in [1.29, 1.82) is 0 Å². The van der Waals surface area contributed by atoms with Gasteiger partial charge in [0.2, 0.25) is 0 Å². The fourth-order valence-corrected chi connectivity index (χ4v) is 2.64. The van der Waals surface area contributed by atoms with Crippen LogP contribution in [0.3, 0.4) is 0 Å². The molecule has 21 heavy (non-hydrogen) atoms. The normalized spacial score (nSPS) is 21.0. The first-order valence-corrected chi connectivity index (χ1v) is 6.88. The summed E-state index contributed by atoms with van der Waals surface area (Å²) >= 11 is 0. The molecule has 0 aromatic heterocycles. The molecule has 2 aromatic carbocycles. The molecule has 2 aromatic rings. The van der Waals surface area contributed by atoms with Crippen LogP contribution in [-0.4, -0.2) is 11.9 Å². The Hall–Kier alpha value is -2.62. The van der Waals surface area contributed by atoms with E-state index in [-0.39, 0.29) is 11.9 Å². The second-order valence-electron chi connectivity index (χ2n) is 5.34. The molecule has 1 amide bonds. The van der Waals surface area contributed by atoms with E-state index < -0.39 is 5.54 Å². The highest BCUT2D eigenvalue weighted by Gasteiger charge is 2.44. The topological polar surface area (TPSA) is 67.5 Å². The van der Waals surface area contributed by atoms with Crippen LogP contribution in [0.25, 0.3) is 0 Å². The molecule has 1 heterocycles. The predicted octanol–water partition coefficient (Wildman–Crippen LogP) is 1.88. The van der Waals surface area contributed by atoms with Gasteiger partial charge in [-0.2, -0.15) is 0 Å². The number of amides is 1. The molecule has 0 saturated carbocycles. The van der Waals surface area contributed by atoms with Crippen LogP contribution >= 0.6 is 0 Å². The van der Waals surface area contributed by atoms with E-state index in [0.29, 0.717) is 6.42 Å². The van der Waals surface area contributed by atoms with Gasteiger partial charge in [0.1, 0.15) is 0 Å². The minimum atomic E-state index is -0.973. The van der Waals surface area contributed by atoms with Crippen LogP contribution in [0.1, 0.15) is 16.7 Å². The van der Waals surface area contributed by atoms with Crippen molar-refractivity contribution in [3.63, 3.8) is 0 Å². The summed E-state index contributed by atoms with van der Waals surface area (Å²) in [7, 11) is 0. The molecule has 3 rings (SSSR count). The first-order chi connectivity index (χ1) is 10.1. The van der Waals surface area contributed by atoms with Crippen molar-refractivity contribution in [3.8, 4) is 0 Å². The zero-order chi connectivity index (χ0) is 14.9. The lowest BCUT2D eigenvalue weighted by Gasteiger charge is -2.24. The van der Waals surface area contributed by atoms with Gasteiger partial charge in [0.15, 0.2) is 11.5 Å². The van der Waals surface area contributed by atoms with Crippen molar-refractivity contribution in [2.75, 3.05) is 0 Å². The van der Waals surface area contributed by atoms with Gasteiger partial charge in [-0.1, -0.05) is 60.2 Å². The summed E-state index contributed by atoms with van der Waals surface area (Å²) in [6, 6.07) is 17.7. The van der Waals surface area contributed by atoms with Crippen molar-refractivity contribution < 1.29 is 4.79 Å². The van der Waals surface area contributed by atoms with E-state index in [9.17, 15) is 4.79 Å². The Morgan fingerprint density at radius 1 is 1.10 bits per heavy atom. The molecule has 1 aliphatic rings. The van der Waals surface area contributed by atoms with Crippen molar-refractivity contribution in [3.05, 3.63) is 71.3 Å². The number of carbonyl (C=O) groups excluding carboxylic acids is 1. The number of benzene rings is 2. The zero-order valence-electron chi connectivity index (χ0n) is 11.8. The van der Waals surface area contributed by atoms with Gasteiger partial charge in [-0.15, -0.1) is 0 Å². The molecule has 0 bridgehead atoms. The van der Waals surface area contributed by atoms with Crippen LogP contribution in [-0.2, 0) is 16.8 Å². The third kappa shape index (κ3) is 2.40. The number of aliphatic imine (C=N–C) groups is 1. The van der Waals surface area contributed by atoms with E-state index in [2.05, 4.69) is 10.3 Å². The van der Waals surface area contributed by atoms with Gasteiger partial charge in [0, 0.05) is 6.42 Å².